The maximum atomic E-state index is 9.24. The molecule has 0 unspecified atom stereocenters. The van der Waals surface area contributed by atoms with Crippen LogP contribution in [0.25, 0.3) is 0 Å². The predicted molar refractivity (Wildman–Crippen MR) is 80.5 cm³/mol. The first-order chi connectivity index (χ1) is 9.16. The van der Waals surface area contributed by atoms with E-state index in [9.17, 15) is 5.11 Å². The van der Waals surface area contributed by atoms with Gasteiger partial charge in [-0.15, -0.1) is 0 Å². The van der Waals surface area contributed by atoms with Gasteiger partial charge in [0.25, 0.3) is 0 Å². The number of aromatic hydroxyl groups is 1. The number of hydrogen-bond donors (Lipinski definition) is 3. The minimum atomic E-state index is 0.251. The first kappa shape index (κ1) is 13.8. The summed E-state index contributed by atoms with van der Waals surface area (Å²) in [4.78, 5) is 2.10. The zero-order valence-corrected chi connectivity index (χ0v) is 11.7. The van der Waals surface area contributed by atoms with E-state index >= 15 is 0 Å². The Bertz CT molecular complexity index is 466. The molecule has 6 heteroatoms. The van der Waals surface area contributed by atoms with Crippen LogP contribution in [0.4, 0.5) is 0 Å². The van der Waals surface area contributed by atoms with E-state index in [0.717, 1.165) is 37.5 Å². The van der Waals surface area contributed by atoms with Crippen LogP contribution in [0, 0.1) is 0 Å². The smallest absolute Gasteiger partial charge is 0.189 e. The summed E-state index contributed by atoms with van der Waals surface area (Å²) in [6.45, 7) is 5.60. The Morgan fingerprint density at radius 2 is 1.95 bits per heavy atom. The lowest BCUT2D eigenvalue weighted by molar-refractivity contribution is 0.353. The molecule has 1 aromatic rings. The second-order valence-electron chi connectivity index (χ2n) is 4.40. The minimum Gasteiger partial charge on any atom is -0.508 e. The summed E-state index contributed by atoms with van der Waals surface area (Å²) in [5.74, 6) is 0.251. The molecule has 1 heterocycles. The van der Waals surface area contributed by atoms with E-state index in [1.165, 1.54) is 0 Å². The van der Waals surface area contributed by atoms with E-state index in [4.69, 9.17) is 12.2 Å². The second kappa shape index (κ2) is 6.49. The molecule has 0 amide bonds. The molecule has 0 bridgehead atoms. The van der Waals surface area contributed by atoms with Crippen LogP contribution in [0.2, 0.25) is 0 Å². The summed E-state index contributed by atoms with van der Waals surface area (Å²) >= 11 is 5.30. The van der Waals surface area contributed by atoms with Crippen molar-refractivity contribution in [2.24, 2.45) is 5.10 Å². The fourth-order valence-corrected chi connectivity index (χ4v) is 2.07. The molecule has 1 aliphatic rings. The Kier molecular flexibility index (Phi) is 4.70. The monoisotopic (exact) mass is 278 g/mol. The molecule has 19 heavy (non-hydrogen) atoms. The summed E-state index contributed by atoms with van der Waals surface area (Å²) in [5.41, 5.74) is 4.70. The van der Waals surface area contributed by atoms with Gasteiger partial charge in [0.1, 0.15) is 5.75 Å². The van der Waals surface area contributed by atoms with Gasteiger partial charge in [0.05, 0.1) is 5.71 Å². The van der Waals surface area contributed by atoms with Gasteiger partial charge in [-0.1, -0.05) is 0 Å². The van der Waals surface area contributed by atoms with E-state index in [2.05, 4.69) is 20.7 Å². The highest BCUT2D eigenvalue weighted by Crippen LogP contribution is 2.10. The van der Waals surface area contributed by atoms with Crippen molar-refractivity contribution in [3.05, 3.63) is 29.8 Å². The van der Waals surface area contributed by atoms with Crippen molar-refractivity contribution in [2.75, 3.05) is 26.2 Å². The third-order valence-electron chi connectivity index (χ3n) is 3.01. The lowest BCUT2D eigenvalue weighted by Crippen LogP contribution is -2.49. The van der Waals surface area contributed by atoms with Crippen molar-refractivity contribution in [3.8, 4) is 5.75 Å². The number of phenolic OH excluding ortho intramolecular Hbond substituents is 1. The highest BCUT2D eigenvalue weighted by molar-refractivity contribution is 7.80. The van der Waals surface area contributed by atoms with Crippen molar-refractivity contribution < 1.29 is 5.11 Å². The van der Waals surface area contributed by atoms with E-state index in [1.54, 1.807) is 12.1 Å². The summed E-state index contributed by atoms with van der Waals surface area (Å²) in [7, 11) is 0. The molecule has 0 spiro atoms. The van der Waals surface area contributed by atoms with E-state index in [0.29, 0.717) is 5.11 Å². The van der Waals surface area contributed by atoms with Gasteiger partial charge >= 0.3 is 0 Å². The van der Waals surface area contributed by atoms with Crippen LogP contribution >= 0.6 is 12.2 Å². The molecule has 0 radical (unpaired) electrons. The zero-order valence-electron chi connectivity index (χ0n) is 10.9. The Morgan fingerprint density at radius 3 is 2.58 bits per heavy atom. The summed E-state index contributed by atoms with van der Waals surface area (Å²) < 4.78 is 0. The number of rotatable bonds is 2. The Hall–Kier alpha value is -1.66. The van der Waals surface area contributed by atoms with E-state index in [1.807, 2.05) is 19.1 Å². The van der Waals surface area contributed by atoms with Gasteiger partial charge in [-0.3, -0.25) is 5.43 Å². The van der Waals surface area contributed by atoms with Gasteiger partial charge in [-0.05, 0) is 49.0 Å². The van der Waals surface area contributed by atoms with Gasteiger partial charge in [0.2, 0.25) is 0 Å². The number of hydrogen-bond acceptors (Lipinski definition) is 4. The zero-order chi connectivity index (χ0) is 13.7. The van der Waals surface area contributed by atoms with Crippen LogP contribution in [-0.4, -0.2) is 47.0 Å². The lowest BCUT2D eigenvalue weighted by atomic mass is 10.1. The first-order valence-electron chi connectivity index (χ1n) is 6.26. The molecular formula is C13H18N4OS. The van der Waals surface area contributed by atoms with Crippen molar-refractivity contribution in [3.63, 3.8) is 0 Å². The van der Waals surface area contributed by atoms with E-state index in [-0.39, 0.29) is 5.75 Å². The molecular weight excluding hydrogens is 260 g/mol. The maximum absolute atomic E-state index is 9.24. The fourth-order valence-electron chi connectivity index (χ4n) is 1.84. The number of nitrogens with one attached hydrogen (secondary N) is 2. The Morgan fingerprint density at radius 1 is 1.32 bits per heavy atom. The average molecular weight is 278 g/mol. The molecule has 0 aliphatic carbocycles. The molecule has 0 aromatic heterocycles. The summed E-state index contributed by atoms with van der Waals surface area (Å²) in [5, 5.41) is 17.4. The average Bonchev–Trinajstić information content (AvgIpc) is 2.46. The molecule has 2 rings (SSSR count). The highest BCUT2D eigenvalue weighted by Gasteiger charge is 2.12. The van der Waals surface area contributed by atoms with Gasteiger partial charge in [0, 0.05) is 26.2 Å². The van der Waals surface area contributed by atoms with Gasteiger partial charge in [-0.2, -0.15) is 5.10 Å². The van der Waals surface area contributed by atoms with Crippen molar-refractivity contribution >= 4 is 23.0 Å². The molecule has 5 nitrogen and oxygen atoms in total. The van der Waals surface area contributed by atoms with Crippen LogP contribution in [0.15, 0.2) is 29.4 Å². The second-order valence-corrected chi connectivity index (χ2v) is 4.78. The molecule has 102 valence electrons. The summed E-state index contributed by atoms with van der Waals surface area (Å²) in [6.07, 6.45) is 0. The third kappa shape index (κ3) is 3.90. The van der Waals surface area contributed by atoms with Crippen molar-refractivity contribution in [1.82, 2.24) is 15.6 Å². The first-order valence-corrected chi connectivity index (χ1v) is 6.67. The molecule has 0 atom stereocenters. The molecule has 1 fully saturated rings. The number of hydrazone groups is 1. The third-order valence-corrected chi connectivity index (χ3v) is 3.36. The predicted octanol–water partition coefficient (Wildman–Crippen LogP) is 0.896. The van der Waals surface area contributed by atoms with Gasteiger partial charge < -0.3 is 15.3 Å². The van der Waals surface area contributed by atoms with Crippen molar-refractivity contribution in [2.45, 2.75) is 6.92 Å². The minimum absolute atomic E-state index is 0.251. The van der Waals surface area contributed by atoms with Crippen LogP contribution in [0.3, 0.4) is 0 Å². The molecule has 1 aromatic carbocycles. The Labute approximate surface area is 118 Å². The number of benzene rings is 1. The van der Waals surface area contributed by atoms with Gasteiger partial charge in [-0.25, -0.2) is 0 Å². The SMILES string of the molecule is C/C(=N\NC(=S)N1CCNCC1)c1ccc(O)cc1. The largest absolute Gasteiger partial charge is 0.508 e. The van der Waals surface area contributed by atoms with Crippen LogP contribution in [0.1, 0.15) is 12.5 Å². The molecule has 3 N–H and O–H groups in total. The summed E-state index contributed by atoms with van der Waals surface area (Å²) in [6, 6.07) is 6.93. The van der Waals surface area contributed by atoms with Crippen LogP contribution in [0.5, 0.6) is 5.75 Å². The molecule has 1 saturated heterocycles. The fraction of sp³-hybridized carbons (Fsp3) is 0.385. The van der Waals surface area contributed by atoms with Crippen LogP contribution in [-0.2, 0) is 0 Å². The van der Waals surface area contributed by atoms with E-state index < -0.39 is 0 Å². The number of phenols is 1. The van der Waals surface area contributed by atoms with Crippen LogP contribution < -0.4 is 10.7 Å². The normalized spacial score (nSPS) is 16.3. The number of piperazine rings is 1. The quantitative estimate of drug-likeness (QED) is 0.426. The van der Waals surface area contributed by atoms with Gasteiger partial charge in [0.15, 0.2) is 5.11 Å². The number of thiocarbonyl (C=S) groups is 1. The van der Waals surface area contributed by atoms with Crippen molar-refractivity contribution in [1.29, 1.82) is 0 Å². The molecule has 0 saturated carbocycles. The Balaban J connectivity index is 1.93. The maximum Gasteiger partial charge on any atom is 0.189 e. The highest BCUT2D eigenvalue weighted by atomic mass is 32.1. The number of nitrogens with zero attached hydrogens (tertiary/aromatic N) is 2. The topological polar surface area (TPSA) is 59.9 Å². The lowest BCUT2D eigenvalue weighted by Gasteiger charge is -2.28. The standard InChI is InChI=1S/C13H18N4OS/c1-10(11-2-4-12(18)5-3-11)15-16-13(19)17-8-6-14-7-9-17/h2-5,14,18H,6-9H2,1H3,(H,16,19)/b15-10+. The molecule has 1 aliphatic heterocycles.